The van der Waals surface area contributed by atoms with Crippen LogP contribution in [0.4, 0.5) is 0 Å². The van der Waals surface area contributed by atoms with E-state index in [2.05, 4.69) is 0 Å². The molecule has 0 spiro atoms. The SMILES string of the molecule is COc1ccc(/C=C/C(=O)O[C@@H]2COC3C2OC[C@@H]3OC2CCCCO2)cc1. The molecule has 5 atom stereocenters. The summed E-state index contributed by atoms with van der Waals surface area (Å²) in [6, 6.07) is 7.41. The van der Waals surface area contributed by atoms with Crippen molar-refractivity contribution in [2.45, 2.75) is 50.0 Å². The zero-order chi connectivity index (χ0) is 19.3. The lowest BCUT2D eigenvalue weighted by Crippen LogP contribution is -2.37. The van der Waals surface area contributed by atoms with E-state index in [0.29, 0.717) is 13.2 Å². The first-order valence-electron chi connectivity index (χ1n) is 9.76. The predicted molar refractivity (Wildman–Crippen MR) is 99.9 cm³/mol. The zero-order valence-electron chi connectivity index (χ0n) is 16.0. The number of hydrogen-bond acceptors (Lipinski definition) is 7. The van der Waals surface area contributed by atoms with Gasteiger partial charge in [-0.1, -0.05) is 12.1 Å². The van der Waals surface area contributed by atoms with Crippen molar-refractivity contribution in [2.24, 2.45) is 0 Å². The van der Waals surface area contributed by atoms with Crippen molar-refractivity contribution >= 4 is 12.0 Å². The molecular formula is C21H26O7. The molecule has 0 bridgehead atoms. The lowest BCUT2D eigenvalue weighted by molar-refractivity contribution is -0.202. The van der Waals surface area contributed by atoms with Gasteiger partial charge in [-0.25, -0.2) is 4.79 Å². The lowest BCUT2D eigenvalue weighted by atomic mass is 10.1. The molecular weight excluding hydrogens is 364 g/mol. The van der Waals surface area contributed by atoms with E-state index in [9.17, 15) is 4.79 Å². The molecule has 1 aromatic carbocycles. The van der Waals surface area contributed by atoms with Crippen molar-refractivity contribution in [3.8, 4) is 5.75 Å². The molecule has 0 N–H and O–H groups in total. The molecule has 28 heavy (non-hydrogen) atoms. The number of methoxy groups -OCH3 is 1. The largest absolute Gasteiger partial charge is 0.497 e. The van der Waals surface area contributed by atoms with Gasteiger partial charge in [0.2, 0.25) is 0 Å². The Balaban J connectivity index is 1.27. The summed E-state index contributed by atoms with van der Waals surface area (Å²) in [5.41, 5.74) is 0.886. The first kappa shape index (κ1) is 19.4. The highest BCUT2D eigenvalue weighted by molar-refractivity contribution is 5.87. The van der Waals surface area contributed by atoms with Crippen LogP contribution in [0.5, 0.6) is 5.75 Å². The molecule has 3 fully saturated rings. The maximum atomic E-state index is 12.2. The standard InChI is InChI=1S/C21H26O7/c1-23-15-8-5-14(6-9-15)7-10-18(22)27-16-12-25-21-17(13-26-20(16)21)28-19-4-2-3-11-24-19/h5-10,16-17,19-21H,2-4,11-13H2,1H3/b10-7+/t16-,17+,19?,20?,21?/m1/s1. The maximum absolute atomic E-state index is 12.2. The first-order valence-corrected chi connectivity index (χ1v) is 9.76. The normalized spacial score (nSPS) is 32.4. The summed E-state index contributed by atoms with van der Waals surface area (Å²) in [6.07, 6.45) is 4.84. The molecule has 7 heteroatoms. The van der Waals surface area contributed by atoms with Crippen LogP contribution in [0.15, 0.2) is 30.3 Å². The number of carbonyl (C=O) groups excluding carboxylic acids is 1. The average Bonchev–Trinajstić information content (AvgIpc) is 3.31. The summed E-state index contributed by atoms with van der Waals surface area (Å²) in [4.78, 5) is 12.2. The Hall–Kier alpha value is -1.93. The molecule has 7 nitrogen and oxygen atoms in total. The van der Waals surface area contributed by atoms with Crippen molar-refractivity contribution in [2.75, 3.05) is 26.9 Å². The van der Waals surface area contributed by atoms with Gasteiger partial charge < -0.3 is 28.4 Å². The Labute approximate surface area is 164 Å². The number of esters is 1. The van der Waals surface area contributed by atoms with Crippen molar-refractivity contribution in [1.82, 2.24) is 0 Å². The van der Waals surface area contributed by atoms with E-state index in [4.69, 9.17) is 28.4 Å². The summed E-state index contributed by atoms with van der Waals surface area (Å²) in [5.74, 6) is 0.344. The summed E-state index contributed by atoms with van der Waals surface area (Å²) in [6.45, 7) is 1.46. The van der Waals surface area contributed by atoms with E-state index >= 15 is 0 Å². The Bertz CT molecular complexity index is 680. The van der Waals surface area contributed by atoms with Crippen LogP contribution >= 0.6 is 0 Å². The molecule has 4 rings (SSSR count). The van der Waals surface area contributed by atoms with Gasteiger partial charge in [-0.15, -0.1) is 0 Å². The van der Waals surface area contributed by atoms with Gasteiger partial charge in [0.15, 0.2) is 12.4 Å². The predicted octanol–water partition coefficient (Wildman–Crippen LogP) is 2.33. The van der Waals surface area contributed by atoms with Crippen molar-refractivity contribution in [3.05, 3.63) is 35.9 Å². The van der Waals surface area contributed by atoms with Crippen LogP contribution in [0.1, 0.15) is 24.8 Å². The fraction of sp³-hybridized carbons (Fsp3) is 0.571. The van der Waals surface area contributed by atoms with Crippen molar-refractivity contribution < 1.29 is 33.2 Å². The van der Waals surface area contributed by atoms with Gasteiger partial charge in [0.25, 0.3) is 0 Å². The number of ether oxygens (including phenoxy) is 6. The number of carbonyl (C=O) groups is 1. The second-order valence-electron chi connectivity index (χ2n) is 7.15. The van der Waals surface area contributed by atoms with Gasteiger partial charge in [-0.3, -0.25) is 0 Å². The summed E-state index contributed by atoms with van der Waals surface area (Å²) in [7, 11) is 1.61. The van der Waals surface area contributed by atoms with E-state index in [-0.39, 0.29) is 24.6 Å². The summed E-state index contributed by atoms with van der Waals surface area (Å²) in [5, 5.41) is 0. The van der Waals surface area contributed by atoms with Gasteiger partial charge in [0.1, 0.15) is 24.1 Å². The highest BCUT2D eigenvalue weighted by atomic mass is 16.7. The van der Waals surface area contributed by atoms with Crippen molar-refractivity contribution in [1.29, 1.82) is 0 Å². The molecule has 0 radical (unpaired) electrons. The molecule has 3 heterocycles. The minimum atomic E-state index is -0.432. The fourth-order valence-corrected chi connectivity index (χ4v) is 3.73. The van der Waals surface area contributed by atoms with Gasteiger partial charge in [-0.2, -0.15) is 0 Å². The highest BCUT2D eigenvalue weighted by Gasteiger charge is 2.50. The molecule has 152 valence electrons. The molecule has 3 aliphatic rings. The Morgan fingerprint density at radius 3 is 2.50 bits per heavy atom. The minimum Gasteiger partial charge on any atom is -0.497 e. The molecule has 0 saturated carbocycles. The molecule has 3 aliphatic heterocycles. The smallest absolute Gasteiger partial charge is 0.331 e. The van der Waals surface area contributed by atoms with E-state index < -0.39 is 12.1 Å². The third-order valence-electron chi connectivity index (χ3n) is 5.22. The number of hydrogen-bond donors (Lipinski definition) is 0. The fourth-order valence-electron chi connectivity index (χ4n) is 3.73. The van der Waals surface area contributed by atoms with Crippen molar-refractivity contribution in [3.63, 3.8) is 0 Å². The Kier molecular flexibility index (Phi) is 6.26. The van der Waals surface area contributed by atoms with Gasteiger partial charge in [0, 0.05) is 12.7 Å². The van der Waals surface area contributed by atoms with Crippen LogP contribution in [-0.2, 0) is 28.5 Å². The lowest BCUT2D eigenvalue weighted by Gasteiger charge is -2.27. The topological polar surface area (TPSA) is 72.5 Å². The molecule has 1 aromatic rings. The zero-order valence-corrected chi connectivity index (χ0v) is 16.0. The van der Waals surface area contributed by atoms with Crippen LogP contribution in [0, 0.1) is 0 Å². The number of rotatable bonds is 6. The first-order chi connectivity index (χ1) is 13.7. The maximum Gasteiger partial charge on any atom is 0.331 e. The average molecular weight is 390 g/mol. The summed E-state index contributed by atoms with van der Waals surface area (Å²) < 4.78 is 33.9. The number of benzene rings is 1. The van der Waals surface area contributed by atoms with Crippen LogP contribution < -0.4 is 4.74 Å². The van der Waals surface area contributed by atoms with E-state index in [0.717, 1.165) is 37.2 Å². The third kappa shape index (κ3) is 4.55. The van der Waals surface area contributed by atoms with Gasteiger partial charge in [-0.05, 0) is 43.0 Å². The molecule has 3 saturated heterocycles. The Morgan fingerprint density at radius 2 is 1.79 bits per heavy atom. The van der Waals surface area contributed by atoms with Crippen LogP contribution in [0.25, 0.3) is 6.08 Å². The van der Waals surface area contributed by atoms with Gasteiger partial charge in [0.05, 0.1) is 20.3 Å². The number of fused-ring (bicyclic) bond motifs is 1. The van der Waals surface area contributed by atoms with E-state index in [1.54, 1.807) is 13.2 Å². The molecule has 0 amide bonds. The summed E-state index contributed by atoms with van der Waals surface area (Å²) >= 11 is 0. The third-order valence-corrected chi connectivity index (χ3v) is 5.22. The van der Waals surface area contributed by atoms with Crippen LogP contribution in [0.3, 0.4) is 0 Å². The van der Waals surface area contributed by atoms with E-state index in [1.807, 2.05) is 24.3 Å². The second-order valence-corrected chi connectivity index (χ2v) is 7.15. The molecule has 0 aliphatic carbocycles. The highest BCUT2D eigenvalue weighted by Crippen LogP contribution is 2.32. The van der Waals surface area contributed by atoms with Crippen LogP contribution in [0.2, 0.25) is 0 Å². The second kappa shape index (κ2) is 9.05. The van der Waals surface area contributed by atoms with E-state index in [1.165, 1.54) is 6.08 Å². The monoisotopic (exact) mass is 390 g/mol. The molecule has 3 unspecified atom stereocenters. The van der Waals surface area contributed by atoms with Crippen LogP contribution in [-0.4, -0.2) is 63.6 Å². The Morgan fingerprint density at radius 1 is 1.04 bits per heavy atom. The minimum absolute atomic E-state index is 0.188. The van der Waals surface area contributed by atoms with Gasteiger partial charge >= 0.3 is 5.97 Å². The molecule has 0 aromatic heterocycles. The quantitative estimate of drug-likeness (QED) is 0.545.